The molecular weight excluding hydrogens is 503 g/mol. The first-order chi connectivity index (χ1) is 17.9. The summed E-state index contributed by atoms with van der Waals surface area (Å²) in [5, 5.41) is 7.03. The van der Waals surface area contributed by atoms with Crippen molar-refractivity contribution in [1.82, 2.24) is 0 Å². The largest absolute Gasteiger partial charge is 0.323 e. The van der Waals surface area contributed by atoms with E-state index < -0.39 is 0 Å². The first kappa shape index (κ1) is 26.0. The van der Waals surface area contributed by atoms with Crippen LogP contribution in [-0.4, -0.2) is 11.8 Å². The van der Waals surface area contributed by atoms with E-state index in [9.17, 15) is 9.59 Å². The molecule has 0 heterocycles. The number of halogens is 2. The van der Waals surface area contributed by atoms with Crippen molar-refractivity contribution in [2.75, 3.05) is 10.6 Å². The van der Waals surface area contributed by atoms with Crippen LogP contribution in [0.2, 0.25) is 10.0 Å². The first-order valence-corrected chi connectivity index (χ1v) is 12.4. The maximum Gasteiger partial charge on any atom is 0.248 e. The lowest BCUT2D eigenvalue weighted by Gasteiger charge is -2.07. The van der Waals surface area contributed by atoms with Gasteiger partial charge in [-0.1, -0.05) is 71.7 Å². The van der Waals surface area contributed by atoms with Crippen LogP contribution >= 0.6 is 23.2 Å². The van der Waals surface area contributed by atoms with E-state index in [1.165, 1.54) is 12.2 Å². The van der Waals surface area contributed by atoms with Gasteiger partial charge >= 0.3 is 0 Å². The molecule has 0 bridgehead atoms. The zero-order valence-electron chi connectivity index (χ0n) is 19.8. The molecule has 0 unspecified atom stereocenters. The molecular formula is C31H24Cl2N2O2. The third-order valence-corrected chi connectivity index (χ3v) is 5.95. The van der Waals surface area contributed by atoms with Gasteiger partial charge in [-0.15, -0.1) is 0 Å². The van der Waals surface area contributed by atoms with Gasteiger partial charge < -0.3 is 10.6 Å². The summed E-state index contributed by atoms with van der Waals surface area (Å²) in [6.07, 6.45) is 7.19. The molecule has 4 aromatic rings. The molecule has 0 aromatic heterocycles. The molecule has 2 N–H and O–H groups in total. The van der Waals surface area contributed by atoms with E-state index in [0.29, 0.717) is 10.0 Å². The van der Waals surface area contributed by atoms with Crippen LogP contribution in [0.15, 0.2) is 109 Å². The van der Waals surface area contributed by atoms with Crippen LogP contribution < -0.4 is 10.6 Å². The second-order valence-corrected chi connectivity index (χ2v) is 9.19. The monoisotopic (exact) mass is 526 g/mol. The number of hydrogen-bond donors (Lipinski definition) is 2. The summed E-state index contributed by atoms with van der Waals surface area (Å²) in [5.41, 5.74) is 5.46. The van der Waals surface area contributed by atoms with Gasteiger partial charge in [-0.2, -0.15) is 0 Å². The second-order valence-electron chi connectivity index (χ2n) is 8.32. The smallest absolute Gasteiger partial charge is 0.248 e. The Morgan fingerprint density at radius 1 is 0.541 bits per heavy atom. The first-order valence-electron chi connectivity index (χ1n) is 11.6. The highest BCUT2D eigenvalue weighted by Crippen LogP contribution is 2.17. The Balaban J connectivity index is 1.26. The molecule has 0 atom stereocenters. The summed E-state index contributed by atoms with van der Waals surface area (Å²) in [7, 11) is 0. The molecule has 0 spiro atoms. The molecule has 184 valence electrons. The fourth-order valence-electron chi connectivity index (χ4n) is 3.51. The summed E-state index contributed by atoms with van der Waals surface area (Å²) in [5.74, 6) is -0.410. The van der Waals surface area contributed by atoms with Gasteiger partial charge in [-0.3, -0.25) is 9.59 Å². The van der Waals surface area contributed by atoms with E-state index in [1.807, 2.05) is 72.8 Å². The molecule has 0 saturated carbocycles. The fourth-order valence-corrected chi connectivity index (χ4v) is 3.76. The summed E-state index contributed by atoms with van der Waals surface area (Å²) in [6, 6.07) is 30.0. The average Bonchev–Trinajstić information content (AvgIpc) is 2.90. The van der Waals surface area contributed by atoms with Crippen LogP contribution in [0, 0.1) is 0 Å². The lowest BCUT2D eigenvalue weighted by Crippen LogP contribution is -2.08. The van der Waals surface area contributed by atoms with Crippen molar-refractivity contribution in [2.45, 2.75) is 6.42 Å². The standard InChI is InChI=1S/C31H24Cl2N2O2/c32-26-11-1-22(2-12-26)9-19-30(36)34-28-15-5-24(6-16-28)21-25-7-17-29(18-8-25)35-31(37)20-10-23-3-13-27(33)14-4-23/h1-20H,21H2,(H,34,36)(H,35,37)/b19-9+,20-10+. The maximum absolute atomic E-state index is 12.2. The van der Waals surface area contributed by atoms with Crippen molar-refractivity contribution < 1.29 is 9.59 Å². The molecule has 0 aliphatic carbocycles. The van der Waals surface area contributed by atoms with Gasteiger partial charge in [0.1, 0.15) is 0 Å². The van der Waals surface area contributed by atoms with Crippen LogP contribution in [0.3, 0.4) is 0 Å². The summed E-state index contributed by atoms with van der Waals surface area (Å²) in [6.45, 7) is 0. The molecule has 4 aromatic carbocycles. The molecule has 0 fully saturated rings. The number of hydrogen-bond acceptors (Lipinski definition) is 2. The van der Waals surface area contributed by atoms with E-state index in [0.717, 1.165) is 40.0 Å². The Morgan fingerprint density at radius 2 is 0.892 bits per heavy atom. The van der Waals surface area contributed by atoms with E-state index in [1.54, 1.807) is 36.4 Å². The van der Waals surface area contributed by atoms with Crippen molar-refractivity contribution >= 4 is 58.5 Å². The van der Waals surface area contributed by atoms with Gasteiger partial charge in [0, 0.05) is 33.6 Å². The zero-order chi connectivity index (χ0) is 26.0. The number of carbonyl (C=O) groups excluding carboxylic acids is 2. The predicted octanol–water partition coefficient (Wildman–Crippen LogP) is 7.89. The summed E-state index contributed by atoms with van der Waals surface area (Å²) < 4.78 is 0. The minimum atomic E-state index is -0.205. The Bertz CT molecular complexity index is 1300. The minimum absolute atomic E-state index is 0.205. The molecule has 0 saturated heterocycles. The fraction of sp³-hybridized carbons (Fsp3) is 0.0323. The number of amides is 2. The van der Waals surface area contributed by atoms with Gasteiger partial charge in [0.05, 0.1) is 0 Å². The highest BCUT2D eigenvalue weighted by Gasteiger charge is 2.02. The van der Waals surface area contributed by atoms with Crippen LogP contribution in [-0.2, 0) is 16.0 Å². The van der Waals surface area contributed by atoms with E-state index >= 15 is 0 Å². The molecule has 6 heteroatoms. The molecule has 2 amide bonds. The van der Waals surface area contributed by atoms with Crippen molar-refractivity contribution in [3.63, 3.8) is 0 Å². The van der Waals surface area contributed by atoms with E-state index in [2.05, 4.69) is 10.6 Å². The Hall–Kier alpha value is -4.12. The number of anilines is 2. The summed E-state index contributed by atoms with van der Waals surface area (Å²) in [4.78, 5) is 24.4. The minimum Gasteiger partial charge on any atom is -0.323 e. The molecule has 37 heavy (non-hydrogen) atoms. The number of benzene rings is 4. The highest BCUT2D eigenvalue weighted by atomic mass is 35.5. The van der Waals surface area contributed by atoms with Crippen molar-refractivity contribution in [3.05, 3.63) is 142 Å². The Labute approximate surface area is 226 Å². The lowest BCUT2D eigenvalue weighted by molar-refractivity contribution is -0.112. The van der Waals surface area contributed by atoms with Crippen LogP contribution in [0.5, 0.6) is 0 Å². The van der Waals surface area contributed by atoms with E-state index in [4.69, 9.17) is 23.2 Å². The Morgan fingerprint density at radius 3 is 1.24 bits per heavy atom. The highest BCUT2D eigenvalue weighted by molar-refractivity contribution is 6.30. The van der Waals surface area contributed by atoms with Crippen molar-refractivity contribution in [3.8, 4) is 0 Å². The Kier molecular flexibility index (Phi) is 8.93. The molecule has 4 rings (SSSR count). The molecule has 0 radical (unpaired) electrons. The predicted molar refractivity (Wildman–Crippen MR) is 154 cm³/mol. The quantitative estimate of drug-likeness (QED) is 0.229. The third-order valence-electron chi connectivity index (χ3n) is 5.45. The lowest BCUT2D eigenvalue weighted by atomic mass is 10.0. The normalized spacial score (nSPS) is 11.1. The van der Waals surface area contributed by atoms with Gasteiger partial charge in [-0.05, 0) is 89.4 Å². The van der Waals surface area contributed by atoms with Crippen LogP contribution in [0.1, 0.15) is 22.3 Å². The average molecular weight is 527 g/mol. The number of rotatable bonds is 8. The van der Waals surface area contributed by atoms with Crippen molar-refractivity contribution in [2.24, 2.45) is 0 Å². The van der Waals surface area contributed by atoms with Gasteiger partial charge in [0.25, 0.3) is 0 Å². The van der Waals surface area contributed by atoms with Crippen LogP contribution in [0.4, 0.5) is 11.4 Å². The molecule has 4 nitrogen and oxygen atoms in total. The number of carbonyl (C=O) groups is 2. The maximum atomic E-state index is 12.2. The van der Waals surface area contributed by atoms with Gasteiger partial charge in [0.15, 0.2) is 0 Å². The van der Waals surface area contributed by atoms with Crippen LogP contribution in [0.25, 0.3) is 12.2 Å². The second kappa shape index (κ2) is 12.7. The van der Waals surface area contributed by atoms with Crippen molar-refractivity contribution in [1.29, 1.82) is 0 Å². The SMILES string of the molecule is O=C(/C=C/c1ccc(Cl)cc1)Nc1ccc(Cc2ccc(NC(=O)/C=C/c3ccc(Cl)cc3)cc2)cc1. The molecule has 0 aliphatic rings. The van der Waals surface area contributed by atoms with Gasteiger partial charge in [0.2, 0.25) is 11.8 Å². The summed E-state index contributed by atoms with van der Waals surface area (Å²) >= 11 is 11.8. The van der Waals surface area contributed by atoms with Gasteiger partial charge in [-0.25, -0.2) is 0 Å². The van der Waals surface area contributed by atoms with E-state index in [-0.39, 0.29) is 11.8 Å². The number of nitrogens with one attached hydrogen (secondary N) is 2. The molecule has 0 aliphatic heterocycles. The zero-order valence-corrected chi connectivity index (χ0v) is 21.3. The topological polar surface area (TPSA) is 58.2 Å². The third kappa shape index (κ3) is 8.50.